The van der Waals surface area contributed by atoms with Crippen LogP contribution in [0.5, 0.6) is 0 Å². The zero-order valence-electron chi connectivity index (χ0n) is 5.02. The van der Waals surface area contributed by atoms with Crippen molar-refractivity contribution < 1.29 is 18.3 Å². The van der Waals surface area contributed by atoms with Gasteiger partial charge in [-0.1, -0.05) is 0 Å². The van der Waals surface area contributed by atoms with Gasteiger partial charge in [0.25, 0.3) is 0 Å². The van der Waals surface area contributed by atoms with E-state index in [1.165, 1.54) is 6.07 Å². The van der Waals surface area contributed by atoms with Crippen LogP contribution >= 0.6 is 0 Å². The highest BCUT2D eigenvalue weighted by Crippen LogP contribution is 2.22. The van der Waals surface area contributed by atoms with E-state index in [-0.39, 0.29) is 0 Å². The molecule has 0 radical (unpaired) electrons. The van der Waals surface area contributed by atoms with Crippen LogP contribution in [0.3, 0.4) is 0 Å². The fourth-order valence-electron chi connectivity index (χ4n) is 0.445. The number of aliphatic hydroxyl groups is 1. The molecule has 0 amide bonds. The van der Waals surface area contributed by atoms with E-state index in [1.54, 1.807) is 0 Å². The second-order valence-corrected chi connectivity index (χ2v) is 1.84. The molecule has 0 fully saturated rings. The largest absolute Gasteiger partial charge is 0.392 e. The first-order chi connectivity index (χ1) is 4.45. The van der Waals surface area contributed by atoms with Crippen LogP contribution in [0.15, 0.2) is 0 Å². The van der Waals surface area contributed by atoms with Gasteiger partial charge in [-0.05, 0) is 0 Å². The average Bonchev–Trinajstić information content (AvgIpc) is 1.59. The highest BCUT2D eigenvalue weighted by molar-refractivity contribution is 4.76. The molecule has 5 heteroatoms. The van der Waals surface area contributed by atoms with Gasteiger partial charge in [-0.25, -0.2) is 0 Å². The zero-order chi connectivity index (χ0) is 8.20. The van der Waals surface area contributed by atoms with Crippen molar-refractivity contribution >= 4 is 0 Å². The van der Waals surface area contributed by atoms with E-state index in [9.17, 15) is 13.2 Å². The minimum absolute atomic E-state index is 0.473. The number of nitriles is 1. The predicted molar refractivity (Wildman–Crippen MR) is 26.9 cm³/mol. The number of aliphatic hydroxyl groups excluding tert-OH is 1. The van der Waals surface area contributed by atoms with E-state index >= 15 is 0 Å². The van der Waals surface area contributed by atoms with Gasteiger partial charge in [0.2, 0.25) is 0 Å². The lowest BCUT2D eigenvalue weighted by atomic mass is 10.2. The number of rotatable bonds is 2. The maximum Gasteiger partial charge on any atom is 0.391 e. The van der Waals surface area contributed by atoms with Gasteiger partial charge in [-0.2, -0.15) is 18.4 Å². The molecule has 0 heterocycles. The molecule has 0 bridgehead atoms. The van der Waals surface area contributed by atoms with Gasteiger partial charge < -0.3 is 5.11 Å². The van der Waals surface area contributed by atoms with Crippen LogP contribution in [-0.4, -0.2) is 17.4 Å². The molecular weight excluding hydrogens is 147 g/mol. The second kappa shape index (κ2) is 3.42. The third-order valence-electron chi connectivity index (χ3n) is 0.794. The molecule has 0 aromatic carbocycles. The van der Waals surface area contributed by atoms with Crippen LogP contribution in [0, 0.1) is 11.3 Å². The van der Waals surface area contributed by atoms with E-state index in [2.05, 4.69) is 0 Å². The van der Waals surface area contributed by atoms with Crippen molar-refractivity contribution in [1.82, 2.24) is 0 Å². The maximum absolute atomic E-state index is 11.4. The van der Waals surface area contributed by atoms with E-state index in [0.717, 1.165) is 0 Å². The summed E-state index contributed by atoms with van der Waals surface area (Å²) in [5, 5.41) is 16.3. The Balaban J connectivity index is 3.60. The molecule has 2 nitrogen and oxygen atoms in total. The van der Waals surface area contributed by atoms with Crippen LogP contribution in [0.2, 0.25) is 0 Å². The molecule has 0 spiro atoms. The summed E-state index contributed by atoms with van der Waals surface area (Å²) in [6, 6.07) is 1.44. The Labute approximate surface area is 55.9 Å². The van der Waals surface area contributed by atoms with Crippen molar-refractivity contribution in [1.29, 1.82) is 5.26 Å². The molecule has 0 aliphatic rings. The molecule has 0 rings (SSSR count). The van der Waals surface area contributed by atoms with Crippen molar-refractivity contribution in [3.05, 3.63) is 0 Å². The summed E-state index contributed by atoms with van der Waals surface area (Å²) >= 11 is 0. The highest BCUT2D eigenvalue weighted by Gasteiger charge is 2.30. The summed E-state index contributed by atoms with van der Waals surface area (Å²) in [5.41, 5.74) is 0. The van der Waals surface area contributed by atoms with E-state index in [1.807, 2.05) is 0 Å². The van der Waals surface area contributed by atoms with Crippen LogP contribution in [0.25, 0.3) is 0 Å². The lowest BCUT2D eigenvalue weighted by Gasteiger charge is -2.08. The van der Waals surface area contributed by atoms with Gasteiger partial charge >= 0.3 is 6.18 Å². The summed E-state index contributed by atoms with van der Waals surface area (Å²) in [7, 11) is 0. The smallest absolute Gasteiger partial charge is 0.391 e. The van der Waals surface area contributed by atoms with Crippen molar-refractivity contribution in [3.63, 3.8) is 0 Å². The number of nitrogens with zero attached hydrogens (tertiary/aromatic N) is 1. The quantitative estimate of drug-likeness (QED) is 0.648. The fourth-order valence-corrected chi connectivity index (χ4v) is 0.445. The number of alkyl halides is 3. The van der Waals surface area contributed by atoms with Crippen LogP contribution in [0.1, 0.15) is 12.8 Å². The third-order valence-corrected chi connectivity index (χ3v) is 0.794. The van der Waals surface area contributed by atoms with Gasteiger partial charge in [-0.15, -0.1) is 0 Å². The Hall–Kier alpha value is -0.760. The first-order valence-corrected chi connectivity index (χ1v) is 2.57. The molecule has 0 aromatic rings. The first kappa shape index (κ1) is 9.24. The molecule has 10 heavy (non-hydrogen) atoms. The summed E-state index contributed by atoms with van der Waals surface area (Å²) in [4.78, 5) is 0. The minimum atomic E-state index is -4.38. The standard InChI is InChI=1S/C5H6F3NO/c6-5(7,8)3-4(10)1-2-9/h4,10H,1,3H2. The van der Waals surface area contributed by atoms with E-state index < -0.39 is 25.1 Å². The van der Waals surface area contributed by atoms with Crippen molar-refractivity contribution in [2.75, 3.05) is 0 Å². The van der Waals surface area contributed by atoms with Crippen molar-refractivity contribution in [2.45, 2.75) is 25.1 Å². The van der Waals surface area contributed by atoms with Crippen LogP contribution < -0.4 is 0 Å². The number of hydrogen-bond donors (Lipinski definition) is 1. The molecule has 1 atom stereocenters. The highest BCUT2D eigenvalue weighted by atomic mass is 19.4. The van der Waals surface area contributed by atoms with Gasteiger partial charge in [-0.3, -0.25) is 0 Å². The SMILES string of the molecule is N#CCC(O)CC(F)(F)F. The van der Waals surface area contributed by atoms with Crippen molar-refractivity contribution in [3.8, 4) is 6.07 Å². The van der Waals surface area contributed by atoms with Gasteiger partial charge in [0.1, 0.15) is 0 Å². The molecule has 0 aromatic heterocycles. The fraction of sp³-hybridized carbons (Fsp3) is 0.800. The molecular formula is C5H6F3NO. The second-order valence-electron chi connectivity index (χ2n) is 1.84. The molecule has 0 saturated heterocycles. The van der Waals surface area contributed by atoms with Crippen molar-refractivity contribution in [2.24, 2.45) is 0 Å². The van der Waals surface area contributed by atoms with Crippen LogP contribution in [-0.2, 0) is 0 Å². The molecule has 58 valence electrons. The van der Waals surface area contributed by atoms with E-state index in [4.69, 9.17) is 10.4 Å². The Morgan fingerprint density at radius 3 is 2.30 bits per heavy atom. The molecule has 0 aliphatic carbocycles. The van der Waals surface area contributed by atoms with Crippen LogP contribution in [0.4, 0.5) is 13.2 Å². The summed E-state index contributed by atoms with van der Waals surface area (Å²) in [5.74, 6) is 0. The minimum Gasteiger partial charge on any atom is -0.392 e. The van der Waals surface area contributed by atoms with E-state index in [0.29, 0.717) is 0 Å². The third kappa shape index (κ3) is 5.38. The van der Waals surface area contributed by atoms with Gasteiger partial charge in [0, 0.05) is 0 Å². The summed E-state index contributed by atoms with van der Waals surface area (Å²) < 4.78 is 34.1. The lowest BCUT2D eigenvalue weighted by Crippen LogP contribution is -2.18. The molecule has 1 N–H and O–H groups in total. The zero-order valence-corrected chi connectivity index (χ0v) is 5.02. The lowest BCUT2D eigenvalue weighted by molar-refractivity contribution is -0.152. The molecule has 1 unspecified atom stereocenters. The van der Waals surface area contributed by atoms with Gasteiger partial charge in [0.15, 0.2) is 0 Å². The number of halogens is 3. The predicted octanol–water partition coefficient (Wildman–Crippen LogP) is 1.21. The average molecular weight is 153 g/mol. The normalized spacial score (nSPS) is 14.3. The van der Waals surface area contributed by atoms with Gasteiger partial charge in [0.05, 0.1) is 25.0 Å². The monoisotopic (exact) mass is 153 g/mol. The molecule has 0 saturated carbocycles. The Bertz CT molecular complexity index is 137. The maximum atomic E-state index is 11.4. The number of hydrogen-bond acceptors (Lipinski definition) is 2. The Morgan fingerprint density at radius 1 is 1.50 bits per heavy atom. The Kier molecular flexibility index (Phi) is 3.16. The summed E-state index contributed by atoms with van der Waals surface area (Å²) in [6.45, 7) is 0. The Morgan fingerprint density at radius 2 is 2.00 bits per heavy atom. The summed E-state index contributed by atoms with van der Waals surface area (Å²) in [6.07, 6.45) is -7.74. The first-order valence-electron chi connectivity index (χ1n) is 2.57. The topological polar surface area (TPSA) is 44.0 Å². The molecule has 0 aliphatic heterocycles.